The normalized spacial score (nSPS) is 28.2. The number of amides is 1. The number of nitrogens with two attached hydrogens (primary N) is 1. The Morgan fingerprint density at radius 3 is 2.90 bits per heavy atom. The van der Waals surface area contributed by atoms with Gasteiger partial charge in [-0.05, 0) is 37.3 Å². The highest BCUT2D eigenvalue weighted by Gasteiger charge is 2.40. The van der Waals surface area contributed by atoms with E-state index in [1.165, 1.54) is 31.1 Å². The molecule has 1 aliphatic carbocycles. The Kier molecular flexibility index (Phi) is 5.69. The number of aromatic nitrogens is 1. The van der Waals surface area contributed by atoms with Crippen molar-refractivity contribution in [3.63, 3.8) is 0 Å². The molecule has 4 atom stereocenters. The average molecular weight is 446 g/mol. The van der Waals surface area contributed by atoms with Crippen molar-refractivity contribution in [3.8, 4) is 0 Å². The highest BCUT2D eigenvalue weighted by atomic mass is 35.5. The largest absolute Gasteiger partial charge is 0.381 e. The predicted molar refractivity (Wildman–Crippen MR) is 125 cm³/mol. The lowest BCUT2D eigenvalue weighted by Gasteiger charge is -2.23. The minimum Gasteiger partial charge on any atom is -0.381 e. The van der Waals surface area contributed by atoms with E-state index in [1.807, 2.05) is 0 Å². The fourth-order valence-corrected chi connectivity index (χ4v) is 6.53. The highest BCUT2D eigenvalue weighted by Crippen LogP contribution is 2.36. The maximum absolute atomic E-state index is 12.2. The molecular formula is C22H28ClN5OS. The summed E-state index contributed by atoms with van der Waals surface area (Å²) in [6.07, 6.45) is 5.84. The van der Waals surface area contributed by atoms with E-state index in [0.717, 1.165) is 40.7 Å². The third kappa shape index (κ3) is 3.95. The second kappa shape index (κ2) is 8.44. The van der Waals surface area contributed by atoms with Crippen LogP contribution in [0.15, 0.2) is 29.3 Å². The Morgan fingerprint density at radius 1 is 1.33 bits per heavy atom. The molecule has 30 heavy (non-hydrogen) atoms. The first-order valence-corrected chi connectivity index (χ1v) is 12.3. The molecule has 0 radical (unpaired) electrons. The van der Waals surface area contributed by atoms with Gasteiger partial charge in [-0.15, -0.1) is 23.4 Å². The number of hydrogen-bond acceptors (Lipinski definition) is 5. The zero-order chi connectivity index (χ0) is 20.7. The van der Waals surface area contributed by atoms with Gasteiger partial charge in [-0.25, -0.2) is 0 Å². The van der Waals surface area contributed by atoms with E-state index in [1.54, 1.807) is 11.8 Å². The molecule has 2 aliphatic heterocycles. The van der Waals surface area contributed by atoms with Crippen LogP contribution in [0.3, 0.4) is 0 Å². The molecule has 2 fully saturated rings. The zero-order valence-electron chi connectivity index (χ0n) is 16.9. The number of thioether (sulfide) groups is 1. The number of primary amides is 1. The van der Waals surface area contributed by atoms with E-state index in [4.69, 9.17) is 22.3 Å². The van der Waals surface area contributed by atoms with Crippen LogP contribution in [0.4, 0.5) is 5.69 Å². The van der Waals surface area contributed by atoms with Gasteiger partial charge >= 0.3 is 0 Å². The molecule has 160 valence electrons. The molecule has 1 saturated carbocycles. The first-order chi connectivity index (χ1) is 14.6. The number of alkyl halides is 1. The molecule has 0 spiro atoms. The molecule has 1 aromatic carbocycles. The van der Waals surface area contributed by atoms with E-state index in [-0.39, 0.29) is 29.3 Å². The van der Waals surface area contributed by atoms with Gasteiger partial charge in [0.05, 0.1) is 34.4 Å². The summed E-state index contributed by atoms with van der Waals surface area (Å²) in [5.74, 6) is 0.358. The Balaban J connectivity index is 1.39. The fourth-order valence-electron chi connectivity index (χ4n) is 5.12. The summed E-state index contributed by atoms with van der Waals surface area (Å²) in [6.45, 7) is 0.719. The number of rotatable bonds is 6. The number of aromatic amines is 1. The van der Waals surface area contributed by atoms with Crippen LogP contribution < -0.4 is 16.4 Å². The number of carbonyl (C=O) groups is 1. The maximum Gasteiger partial charge on any atom is 0.223 e. The molecule has 1 aromatic heterocycles. The molecule has 6 nitrogen and oxygen atoms in total. The van der Waals surface area contributed by atoms with Crippen LogP contribution in [0.5, 0.6) is 0 Å². The van der Waals surface area contributed by atoms with E-state index < -0.39 is 0 Å². The van der Waals surface area contributed by atoms with Gasteiger partial charge in [0, 0.05) is 23.7 Å². The Hall–Kier alpha value is -1.70. The van der Waals surface area contributed by atoms with Crippen molar-refractivity contribution in [3.05, 3.63) is 30.0 Å². The summed E-state index contributed by atoms with van der Waals surface area (Å²) in [5.41, 5.74) is 8.99. The second-order valence-corrected chi connectivity index (χ2v) is 10.2. The summed E-state index contributed by atoms with van der Waals surface area (Å²) in [6, 6.07) is 9.00. The van der Waals surface area contributed by atoms with E-state index in [0.29, 0.717) is 6.04 Å². The first-order valence-electron chi connectivity index (χ1n) is 10.8. The lowest BCUT2D eigenvalue weighted by molar-refractivity contribution is -0.123. The van der Waals surface area contributed by atoms with Gasteiger partial charge in [-0.3, -0.25) is 9.79 Å². The van der Waals surface area contributed by atoms with Crippen molar-refractivity contribution in [1.29, 1.82) is 0 Å². The zero-order valence-corrected chi connectivity index (χ0v) is 18.4. The minimum absolute atomic E-state index is 0.0890. The fraction of sp³-hybridized carbons (Fsp3) is 0.545. The highest BCUT2D eigenvalue weighted by molar-refractivity contribution is 8.14. The molecule has 3 aliphatic rings. The van der Waals surface area contributed by atoms with Crippen molar-refractivity contribution in [2.24, 2.45) is 22.6 Å². The third-order valence-electron chi connectivity index (χ3n) is 6.64. The molecule has 1 amide bonds. The lowest BCUT2D eigenvalue weighted by atomic mass is 9.85. The number of halogens is 1. The van der Waals surface area contributed by atoms with Crippen molar-refractivity contribution in [1.82, 2.24) is 10.3 Å². The topological polar surface area (TPSA) is 95.3 Å². The molecule has 1 saturated heterocycles. The number of benzene rings is 1. The number of H-pyrrole nitrogens is 1. The maximum atomic E-state index is 12.2. The first kappa shape index (κ1) is 20.2. The Bertz CT molecular complexity index is 970. The van der Waals surface area contributed by atoms with Gasteiger partial charge < -0.3 is 21.4 Å². The summed E-state index contributed by atoms with van der Waals surface area (Å²) in [5, 5.41) is 9.06. The summed E-state index contributed by atoms with van der Waals surface area (Å²) in [4.78, 5) is 20.7. The van der Waals surface area contributed by atoms with Crippen LogP contribution in [-0.2, 0) is 4.79 Å². The number of nitrogens with zero attached hydrogens (tertiary/aromatic N) is 1. The summed E-state index contributed by atoms with van der Waals surface area (Å²) in [7, 11) is 0. The van der Waals surface area contributed by atoms with Gasteiger partial charge in [-0.1, -0.05) is 25.0 Å². The van der Waals surface area contributed by atoms with Gasteiger partial charge in [0.2, 0.25) is 5.91 Å². The number of carbonyl (C=O) groups excluding carboxylic acids is 1. The summed E-state index contributed by atoms with van der Waals surface area (Å²) < 4.78 is 0. The molecular weight excluding hydrogens is 418 g/mol. The van der Waals surface area contributed by atoms with Crippen molar-refractivity contribution < 1.29 is 4.79 Å². The van der Waals surface area contributed by atoms with E-state index in [9.17, 15) is 4.79 Å². The Morgan fingerprint density at radius 2 is 2.17 bits per heavy atom. The number of aliphatic imine (C=N–C) groups is 1. The second-order valence-electron chi connectivity index (χ2n) is 8.69. The van der Waals surface area contributed by atoms with Gasteiger partial charge in [0.15, 0.2) is 0 Å². The van der Waals surface area contributed by atoms with Crippen LogP contribution in [0.2, 0.25) is 0 Å². The van der Waals surface area contributed by atoms with Crippen LogP contribution >= 0.6 is 23.4 Å². The molecule has 8 heteroatoms. The monoisotopic (exact) mass is 445 g/mol. The van der Waals surface area contributed by atoms with Crippen LogP contribution in [0.1, 0.15) is 37.8 Å². The predicted octanol–water partition coefficient (Wildman–Crippen LogP) is 3.66. The van der Waals surface area contributed by atoms with Crippen molar-refractivity contribution >= 4 is 50.9 Å². The van der Waals surface area contributed by atoms with Crippen molar-refractivity contribution in [2.75, 3.05) is 17.6 Å². The van der Waals surface area contributed by atoms with Gasteiger partial charge in [-0.2, -0.15) is 0 Å². The Labute approximate surface area is 185 Å². The quantitative estimate of drug-likeness (QED) is 0.403. The average Bonchev–Trinajstić information content (AvgIpc) is 3.49. The van der Waals surface area contributed by atoms with Crippen LogP contribution in [0.25, 0.3) is 10.9 Å². The molecule has 5 rings (SSSR count). The number of para-hydroxylation sites is 1. The molecule has 5 N–H and O–H groups in total. The van der Waals surface area contributed by atoms with Crippen LogP contribution in [0, 0.1) is 11.8 Å². The third-order valence-corrected chi connectivity index (χ3v) is 8.08. The number of hydrogen-bond donors (Lipinski definition) is 4. The van der Waals surface area contributed by atoms with E-state index in [2.05, 4.69) is 39.9 Å². The van der Waals surface area contributed by atoms with Gasteiger partial charge in [0.25, 0.3) is 0 Å². The smallest absolute Gasteiger partial charge is 0.223 e. The lowest BCUT2D eigenvalue weighted by Crippen LogP contribution is -2.39. The molecule has 4 unspecified atom stereocenters. The minimum atomic E-state index is -0.282. The number of fused-ring (bicyclic) bond motifs is 1. The number of nitrogens with one attached hydrogen (secondary N) is 3. The molecule has 0 bridgehead atoms. The molecule has 3 heterocycles. The van der Waals surface area contributed by atoms with Gasteiger partial charge in [0.1, 0.15) is 5.04 Å². The standard InChI is InChI=1S/C22H28ClN5OS/c23-18-9-13(10-25-18)19(21(24)29)17-11-30-22(28-17)16-8-12-4-3-7-15(20(12)27-16)26-14-5-1-2-6-14/h3-4,7-8,13-14,17-19,25-27H,1-2,5-6,9-11H2,(H2,24,29). The van der Waals surface area contributed by atoms with E-state index >= 15 is 0 Å². The summed E-state index contributed by atoms with van der Waals surface area (Å²) >= 11 is 7.89. The number of anilines is 1. The SMILES string of the molecule is NC(=O)C(C1CNC(Cl)C1)C1CSC(c2cc3cccc(NC4CCCC4)c3[nH]2)=N1. The molecule has 2 aromatic rings. The van der Waals surface area contributed by atoms with Crippen LogP contribution in [-0.4, -0.2) is 45.8 Å². The van der Waals surface area contributed by atoms with Crippen molar-refractivity contribution in [2.45, 2.75) is 49.7 Å².